The number of hydrogen-bond donors (Lipinski definition) is 0. The van der Waals surface area contributed by atoms with Gasteiger partial charge in [0.15, 0.2) is 11.5 Å². The monoisotopic (exact) mass is 397 g/mol. The van der Waals surface area contributed by atoms with Crippen LogP contribution in [0.25, 0.3) is 5.65 Å². The van der Waals surface area contributed by atoms with Gasteiger partial charge in [0.25, 0.3) is 5.91 Å². The molecule has 2 aliphatic heterocycles. The zero-order valence-corrected chi connectivity index (χ0v) is 16.7. The van der Waals surface area contributed by atoms with Crippen molar-refractivity contribution < 1.29 is 4.79 Å². The maximum Gasteiger partial charge on any atom is 0.273 e. The average molecular weight is 398 g/mol. The van der Waals surface area contributed by atoms with Crippen molar-refractivity contribution in [3.8, 4) is 0 Å². The summed E-state index contributed by atoms with van der Waals surface area (Å²) in [5.41, 5.74) is 1.35. The first-order valence-corrected chi connectivity index (χ1v) is 10.8. The fourth-order valence-corrected chi connectivity index (χ4v) is 4.72. The minimum atomic E-state index is 0.0309. The van der Waals surface area contributed by atoms with Gasteiger partial charge in [-0.2, -0.15) is 4.52 Å². The van der Waals surface area contributed by atoms with Gasteiger partial charge in [0.1, 0.15) is 11.5 Å². The molecule has 0 aliphatic carbocycles. The van der Waals surface area contributed by atoms with E-state index in [0.717, 1.165) is 48.2 Å². The Labute approximate surface area is 167 Å². The minimum Gasteiger partial charge on any atom is -0.355 e. The van der Waals surface area contributed by atoms with E-state index in [1.807, 2.05) is 33.9 Å². The van der Waals surface area contributed by atoms with Crippen LogP contribution < -0.4 is 4.90 Å². The summed E-state index contributed by atoms with van der Waals surface area (Å²) >= 11 is 1.52. The largest absolute Gasteiger partial charge is 0.355 e. The number of nitrogens with zero attached hydrogens (tertiary/aromatic N) is 7. The van der Waals surface area contributed by atoms with Crippen molar-refractivity contribution in [3.05, 3.63) is 34.0 Å². The van der Waals surface area contributed by atoms with Crippen LogP contribution in [0.1, 0.15) is 52.9 Å². The lowest BCUT2D eigenvalue weighted by Gasteiger charge is -2.30. The summed E-state index contributed by atoms with van der Waals surface area (Å²) in [6, 6.07) is 4.04. The van der Waals surface area contributed by atoms with Gasteiger partial charge in [0.2, 0.25) is 0 Å². The molecule has 28 heavy (non-hydrogen) atoms. The van der Waals surface area contributed by atoms with Gasteiger partial charge in [0.05, 0.1) is 5.01 Å². The van der Waals surface area contributed by atoms with E-state index in [2.05, 4.69) is 20.1 Å². The molecule has 2 saturated heterocycles. The number of carbonyl (C=O) groups is 1. The van der Waals surface area contributed by atoms with Gasteiger partial charge in [0, 0.05) is 37.5 Å². The first kappa shape index (κ1) is 17.5. The van der Waals surface area contributed by atoms with Crippen molar-refractivity contribution in [2.24, 2.45) is 0 Å². The van der Waals surface area contributed by atoms with E-state index < -0.39 is 0 Å². The van der Waals surface area contributed by atoms with E-state index in [0.29, 0.717) is 18.8 Å². The first-order chi connectivity index (χ1) is 13.7. The summed E-state index contributed by atoms with van der Waals surface area (Å²) in [4.78, 5) is 21.2. The predicted molar refractivity (Wildman–Crippen MR) is 107 cm³/mol. The highest BCUT2D eigenvalue weighted by molar-refractivity contribution is 7.09. The molecule has 146 valence electrons. The summed E-state index contributed by atoms with van der Waals surface area (Å²) in [5.74, 6) is 2.20. The topological polar surface area (TPSA) is 79.5 Å². The second-order valence-corrected chi connectivity index (χ2v) is 8.59. The molecule has 9 heteroatoms. The molecule has 8 nitrogen and oxygen atoms in total. The van der Waals surface area contributed by atoms with Crippen molar-refractivity contribution in [2.45, 2.75) is 38.5 Å². The zero-order valence-electron chi connectivity index (χ0n) is 15.9. The quantitative estimate of drug-likeness (QED) is 0.676. The van der Waals surface area contributed by atoms with E-state index >= 15 is 0 Å². The molecular weight excluding hydrogens is 374 g/mol. The maximum absolute atomic E-state index is 12.6. The van der Waals surface area contributed by atoms with Crippen molar-refractivity contribution in [1.82, 2.24) is 29.7 Å². The third-order valence-electron chi connectivity index (χ3n) is 5.69. The van der Waals surface area contributed by atoms with Crippen LogP contribution in [0.2, 0.25) is 0 Å². The molecule has 0 atom stereocenters. The van der Waals surface area contributed by atoms with E-state index in [9.17, 15) is 4.79 Å². The van der Waals surface area contributed by atoms with Crippen LogP contribution in [-0.2, 0) is 0 Å². The molecule has 0 spiro atoms. The number of piperidine rings is 1. The molecule has 0 N–H and O–H groups in total. The Morgan fingerprint density at radius 1 is 1.11 bits per heavy atom. The molecule has 0 unspecified atom stereocenters. The van der Waals surface area contributed by atoms with Gasteiger partial charge in [-0.1, -0.05) is 0 Å². The molecule has 3 aromatic rings. The number of hydrogen-bond acceptors (Lipinski definition) is 7. The van der Waals surface area contributed by atoms with Crippen LogP contribution in [0.15, 0.2) is 17.5 Å². The standard InChI is InChI=1S/C19H23N7OS/c1-13-20-15(12-28-13)19(27)25-10-6-14(7-11-25)18-22-21-16-4-5-17(23-26(16)18)24-8-2-3-9-24/h4-5,12,14H,2-3,6-11H2,1H3. The predicted octanol–water partition coefficient (Wildman–Crippen LogP) is 2.51. The molecule has 0 aromatic carbocycles. The lowest BCUT2D eigenvalue weighted by Crippen LogP contribution is -2.38. The van der Waals surface area contributed by atoms with Crippen LogP contribution in [0, 0.1) is 6.92 Å². The summed E-state index contributed by atoms with van der Waals surface area (Å²) in [7, 11) is 0. The van der Waals surface area contributed by atoms with Gasteiger partial charge < -0.3 is 9.80 Å². The van der Waals surface area contributed by atoms with Crippen LogP contribution in [-0.4, -0.2) is 61.8 Å². The number of rotatable bonds is 3. The number of thiazole rings is 1. The highest BCUT2D eigenvalue weighted by Crippen LogP contribution is 2.28. The van der Waals surface area contributed by atoms with Crippen LogP contribution in [0.3, 0.4) is 0 Å². The summed E-state index contributed by atoms with van der Waals surface area (Å²) in [5, 5.41) is 16.3. The highest BCUT2D eigenvalue weighted by Gasteiger charge is 2.29. The second-order valence-electron chi connectivity index (χ2n) is 7.53. The number of aromatic nitrogens is 5. The number of amides is 1. The third kappa shape index (κ3) is 3.13. The molecule has 2 aliphatic rings. The van der Waals surface area contributed by atoms with Crippen molar-refractivity contribution in [1.29, 1.82) is 0 Å². The second kappa shape index (κ2) is 7.12. The van der Waals surface area contributed by atoms with Crippen LogP contribution >= 0.6 is 11.3 Å². The number of likely N-dealkylation sites (tertiary alicyclic amines) is 1. The Balaban J connectivity index is 1.32. The average Bonchev–Trinajstić information content (AvgIpc) is 3.47. The maximum atomic E-state index is 12.6. The van der Waals surface area contributed by atoms with E-state index in [4.69, 9.17) is 5.10 Å². The van der Waals surface area contributed by atoms with Gasteiger partial charge in [-0.15, -0.1) is 26.6 Å². The summed E-state index contributed by atoms with van der Waals surface area (Å²) < 4.78 is 1.90. The summed E-state index contributed by atoms with van der Waals surface area (Å²) in [6.45, 7) is 5.47. The molecule has 5 heterocycles. The normalized spacial score (nSPS) is 18.3. The van der Waals surface area contributed by atoms with Crippen molar-refractivity contribution >= 4 is 28.7 Å². The van der Waals surface area contributed by atoms with Gasteiger partial charge in [-0.3, -0.25) is 4.79 Å². The number of anilines is 1. The van der Waals surface area contributed by atoms with E-state index in [1.54, 1.807) is 0 Å². The number of fused-ring (bicyclic) bond motifs is 1. The molecule has 2 fully saturated rings. The Hall–Kier alpha value is -2.55. The first-order valence-electron chi connectivity index (χ1n) is 9.88. The van der Waals surface area contributed by atoms with Crippen LogP contribution in [0.5, 0.6) is 0 Å². The smallest absolute Gasteiger partial charge is 0.273 e. The molecule has 5 rings (SSSR count). The fraction of sp³-hybridized carbons (Fsp3) is 0.526. The highest BCUT2D eigenvalue weighted by atomic mass is 32.1. The molecular formula is C19H23N7OS. The Kier molecular flexibility index (Phi) is 4.46. The number of aryl methyl sites for hydroxylation is 1. The molecule has 0 saturated carbocycles. The Morgan fingerprint density at radius 2 is 1.89 bits per heavy atom. The van der Waals surface area contributed by atoms with Gasteiger partial charge >= 0.3 is 0 Å². The van der Waals surface area contributed by atoms with Crippen molar-refractivity contribution in [2.75, 3.05) is 31.1 Å². The lowest BCUT2D eigenvalue weighted by molar-refractivity contribution is 0.0705. The molecule has 1 amide bonds. The number of carbonyl (C=O) groups excluding carboxylic acids is 1. The lowest BCUT2D eigenvalue weighted by atomic mass is 9.96. The van der Waals surface area contributed by atoms with Crippen molar-refractivity contribution in [3.63, 3.8) is 0 Å². The Bertz CT molecular complexity index is 999. The van der Waals surface area contributed by atoms with E-state index in [1.165, 1.54) is 24.2 Å². The molecule has 3 aromatic heterocycles. The molecule has 0 radical (unpaired) electrons. The zero-order chi connectivity index (χ0) is 19.1. The van der Waals surface area contributed by atoms with E-state index in [-0.39, 0.29) is 11.8 Å². The Morgan fingerprint density at radius 3 is 2.61 bits per heavy atom. The fourth-order valence-electron chi connectivity index (χ4n) is 4.13. The third-order valence-corrected chi connectivity index (χ3v) is 6.46. The van der Waals surface area contributed by atoms with Crippen LogP contribution in [0.4, 0.5) is 5.82 Å². The van der Waals surface area contributed by atoms with Gasteiger partial charge in [-0.25, -0.2) is 4.98 Å². The SMILES string of the molecule is Cc1nc(C(=O)N2CCC(c3nnc4ccc(N5CCCC5)nn34)CC2)cs1. The van der Waals surface area contributed by atoms with Gasteiger partial charge in [-0.05, 0) is 44.7 Å². The summed E-state index contributed by atoms with van der Waals surface area (Å²) in [6.07, 6.45) is 4.18. The minimum absolute atomic E-state index is 0.0309. The molecule has 0 bridgehead atoms.